The Morgan fingerprint density at radius 1 is 1.40 bits per heavy atom. The summed E-state index contributed by atoms with van der Waals surface area (Å²) in [7, 11) is 0. The topological polar surface area (TPSA) is 71.3 Å². The normalized spacial score (nSPS) is 11.3. The van der Waals surface area contributed by atoms with E-state index in [9.17, 15) is 9.59 Å². The number of carboxylic acids is 1. The van der Waals surface area contributed by atoms with Crippen molar-refractivity contribution in [3.05, 3.63) is 24.0 Å². The molecule has 0 saturated carbocycles. The largest absolute Gasteiger partial charge is 0.480 e. The van der Waals surface area contributed by atoms with Gasteiger partial charge >= 0.3 is 5.97 Å². The van der Waals surface area contributed by atoms with Crippen LogP contribution in [0.3, 0.4) is 0 Å². The molecular weight excluding hydrogens is 276 g/mol. The molecule has 0 spiro atoms. The fourth-order valence-electron chi connectivity index (χ4n) is 2.10. The van der Waals surface area contributed by atoms with E-state index in [4.69, 9.17) is 5.11 Å². The van der Waals surface area contributed by atoms with Crippen LogP contribution in [0.5, 0.6) is 0 Å². The van der Waals surface area contributed by atoms with Crippen molar-refractivity contribution in [1.82, 2.24) is 9.88 Å². The minimum absolute atomic E-state index is 0.0415. The van der Waals surface area contributed by atoms with Crippen molar-refractivity contribution in [3.8, 4) is 0 Å². The summed E-state index contributed by atoms with van der Waals surface area (Å²) in [5, 5.41) is 11.7. The summed E-state index contributed by atoms with van der Waals surface area (Å²) in [5.41, 5.74) is 0.384. The predicted octanol–water partition coefficient (Wildman–Crippen LogP) is 2.22. The fourth-order valence-corrected chi connectivity index (χ4v) is 2.89. The molecule has 0 saturated heterocycles. The molecule has 1 aromatic rings. The van der Waals surface area contributed by atoms with E-state index in [1.54, 1.807) is 30.1 Å². The first-order chi connectivity index (χ1) is 9.48. The number of nitrogens with zero attached hydrogens (tertiary/aromatic N) is 1. The van der Waals surface area contributed by atoms with Gasteiger partial charge in [0.15, 0.2) is 0 Å². The highest BCUT2D eigenvalue weighted by Crippen LogP contribution is 2.29. The van der Waals surface area contributed by atoms with Crippen LogP contribution < -0.4 is 5.32 Å². The van der Waals surface area contributed by atoms with Gasteiger partial charge in [0, 0.05) is 17.5 Å². The molecule has 5 nitrogen and oxygen atoms in total. The van der Waals surface area contributed by atoms with Crippen molar-refractivity contribution < 1.29 is 14.7 Å². The lowest BCUT2D eigenvalue weighted by molar-refractivity contribution is -0.137. The van der Waals surface area contributed by atoms with Crippen LogP contribution in [0.15, 0.2) is 18.3 Å². The number of carboxylic acid groups (broad SMARTS) is 1. The molecule has 0 aliphatic rings. The molecule has 0 aliphatic heterocycles. The third-order valence-electron chi connectivity index (χ3n) is 3.66. The minimum atomic E-state index is -0.962. The molecule has 0 aromatic carbocycles. The molecule has 1 aromatic heterocycles. The maximum Gasteiger partial charge on any atom is 0.323 e. The average Bonchev–Trinajstić information content (AvgIpc) is 2.88. The number of amides is 1. The van der Waals surface area contributed by atoms with E-state index in [0.29, 0.717) is 12.2 Å². The second-order valence-electron chi connectivity index (χ2n) is 4.69. The Labute approximate surface area is 123 Å². The van der Waals surface area contributed by atoms with E-state index in [0.717, 1.165) is 12.8 Å². The number of thioether (sulfide) groups is 1. The molecule has 0 atom stereocenters. The molecule has 0 bridgehead atoms. The Morgan fingerprint density at radius 3 is 2.55 bits per heavy atom. The fraction of sp³-hybridized carbons (Fsp3) is 0.571. The number of carbonyl (C=O) groups excluding carboxylic acids is 1. The van der Waals surface area contributed by atoms with Gasteiger partial charge in [-0.2, -0.15) is 11.8 Å². The number of aliphatic carboxylic acids is 1. The first-order valence-corrected chi connectivity index (χ1v) is 7.90. The maximum absolute atomic E-state index is 12.2. The van der Waals surface area contributed by atoms with Gasteiger partial charge < -0.3 is 15.0 Å². The number of rotatable bonds is 8. The second-order valence-corrected chi connectivity index (χ2v) is 5.97. The van der Waals surface area contributed by atoms with Gasteiger partial charge in [-0.15, -0.1) is 0 Å². The van der Waals surface area contributed by atoms with Crippen LogP contribution in [0.2, 0.25) is 0 Å². The standard InChI is InChI=1S/C14H22N2O3S/c1-4-14(5-2,20-3)10-15-13(19)11-7-6-8-16(11)9-12(17)18/h6-8H,4-5,9-10H2,1-3H3,(H,15,19)(H,17,18). The van der Waals surface area contributed by atoms with E-state index in [1.165, 1.54) is 4.57 Å². The van der Waals surface area contributed by atoms with Crippen LogP contribution in [0, 0.1) is 0 Å². The zero-order valence-electron chi connectivity index (χ0n) is 12.2. The van der Waals surface area contributed by atoms with Gasteiger partial charge in [0.1, 0.15) is 12.2 Å². The Morgan fingerprint density at radius 2 is 2.05 bits per heavy atom. The third kappa shape index (κ3) is 4.03. The molecule has 1 heterocycles. The van der Waals surface area contributed by atoms with Crippen LogP contribution in [0.4, 0.5) is 0 Å². The lowest BCUT2D eigenvalue weighted by Crippen LogP contribution is -2.40. The molecule has 0 unspecified atom stereocenters. The van der Waals surface area contributed by atoms with Crippen LogP contribution in [-0.4, -0.2) is 39.1 Å². The van der Waals surface area contributed by atoms with Gasteiger partial charge in [0.2, 0.25) is 0 Å². The summed E-state index contributed by atoms with van der Waals surface area (Å²) in [6.07, 6.45) is 5.60. The first-order valence-electron chi connectivity index (χ1n) is 6.68. The Balaban J connectivity index is 2.72. The average molecular weight is 298 g/mol. The van der Waals surface area contributed by atoms with Gasteiger partial charge in [-0.3, -0.25) is 9.59 Å². The van der Waals surface area contributed by atoms with E-state index in [2.05, 4.69) is 19.2 Å². The number of aromatic nitrogens is 1. The SMILES string of the molecule is CCC(CC)(CNC(=O)c1cccn1CC(=O)O)SC. The number of carbonyl (C=O) groups is 2. The van der Waals surface area contributed by atoms with Crippen molar-refractivity contribution in [1.29, 1.82) is 0 Å². The maximum atomic E-state index is 12.2. The number of nitrogens with one attached hydrogen (secondary N) is 1. The van der Waals surface area contributed by atoms with Crippen LogP contribution in [-0.2, 0) is 11.3 Å². The monoisotopic (exact) mass is 298 g/mol. The predicted molar refractivity (Wildman–Crippen MR) is 81.2 cm³/mol. The molecule has 20 heavy (non-hydrogen) atoms. The Bertz CT molecular complexity index is 458. The molecular formula is C14H22N2O3S. The molecule has 0 radical (unpaired) electrons. The highest BCUT2D eigenvalue weighted by molar-refractivity contribution is 8.00. The van der Waals surface area contributed by atoms with Crippen molar-refractivity contribution in [3.63, 3.8) is 0 Å². The summed E-state index contributed by atoms with van der Waals surface area (Å²) in [5.74, 6) is -1.19. The van der Waals surface area contributed by atoms with Gasteiger partial charge in [0.05, 0.1) is 0 Å². The Hall–Kier alpha value is -1.43. The number of hydrogen-bond donors (Lipinski definition) is 2. The Kier molecular flexibility index (Phi) is 6.13. The van der Waals surface area contributed by atoms with Gasteiger partial charge in [0.25, 0.3) is 5.91 Å². The summed E-state index contributed by atoms with van der Waals surface area (Å²) in [6, 6.07) is 3.32. The van der Waals surface area contributed by atoms with Crippen LogP contribution in [0.1, 0.15) is 37.2 Å². The van der Waals surface area contributed by atoms with Crippen molar-refractivity contribution in [2.24, 2.45) is 0 Å². The smallest absolute Gasteiger partial charge is 0.323 e. The van der Waals surface area contributed by atoms with E-state index in [1.807, 2.05) is 6.26 Å². The molecule has 0 aliphatic carbocycles. The molecule has 0 fully saturated rings. The van der Waals surface area contributed by atoms with E-state index in [-0.39, 0.29) is 17.2 Å². The summed E-state index contributed by atoms with van der Waals surface area (Å²) < 4.78 is 1.48. The quantitative estimate of drug-likeness (QED) is 0.772. The minimum Gasteiger partial charge on any atom is -0.480 e. The highest BCUT2D eigenvalue weighted by atomic mass is 32.2. The van der Waals surface area contributed by atoms with Crippen LogP contribution >= 0.6 is 11.8 Å². The third-order valence-corrected chi connectivity index (χ3v) is 5.25. The van der Waals surface area contributed by atoms with Crippen molar-refractivity contribution in [2.75, 3.05) is 12.8 Å². The zero-order valence-corrected chi connectivity index (χ0v) is 13.0. The molecule has 1 amide bonds. The molecule has 1 rings (SSSR count). The van der Waals surface area contributed by atoms with Gasteiger partial charge in [-0.1, -0.05) is 13.8 Å². The molecule has 2 N–H and O–H groups in total. The lowest BCUT2D eigenvalue weighted by Gasteiger charge is -2.29. The first kappa shape index (κ1) is 16.6. The van der Waals surface area contributed by atoms with Crippen molar-refractivity contribution in [2.45, 2.75) is 38.0 Å². The molecule has 112 valence electrons. The lowest BCUT2D eigenvalue weighted by atomic mass is 10.0. The summed E-state index contributed by atoms with van der Waals surface area (Å²) in [6.45, 7) is 4.60. The zero-order chi connectivity index (χ0) is 15.2. The van der Waals surface area contributed by atoms with Crippen LogP contribution in [0.25, 0.3) is 0 Å². The van der Waals surface area contributed by atoms with Gasteiger partial charge in [-0.25, -0.2) is 0 Å². The second kappa shape index (κ2) is 7.38. The van der Waals surface area contributed by atoms with Gasteiger partial charge in [-0.05, 0) is 31.2 Å². The number of hydrogen-bond acceptors (Lipinski definition) is 3. The molecule has 6 heteroatoms. The van der Waals surface area contributed by atoms with E-state index >= 15 is 0 Å². The highest BCUT2D eigenvalue weighted by Gasteiger charge is 2.26. The van der Waals surface area contributed by atoms with Crippen molar-refractivity contribution >= 4 is 23.6 Å². The summed E-state index contributed by atoms with van der Waals surface area (Å²) in [4.78, 5) is 22.9. The summed E-state index contributed by atoms with van der Waals surface area (Å²) >= 11 is 1.76. The van der Waals surface area contributed by atoms with E-state index < -0.39 is 5.97 Å².